The van der Waals surface area contributed by atoms with Crippen molar-refractivity contribution in [1.82, 2.24) is 10.2 Å². The molecule has 0 saturated carbocycles. The molecule has 2 amide bonds. The monoisotopic (exact) mass is 366 g/mol. The molecule has 1 unspecified atom stereocenters. The van der Waals surface area contributed by atoms with Crippen molar-refractivity contribution < 1.29 is 19.1 Å². The average molecular weight is 367 g/mol. The molecular formula is C18H23ClN2O4. The molecule has 25 heavy (non-hydrogen) atoms. The lowest BCUT2D eigenvalue weighted by Gasteiger charge is -2.38. The van der Waals surface area contributed by atoms with Gasteiger partial charge in [0.15, 0.2) is 5.79 Å². The van der Waals surface area contributed by atoms with Crippen LogP contribution in [-0.2, 0) is 19.1 Å². The molecule has 2 heterocycles. The Morgan fingerprint density at radius 3 is 2.36 bits per heavy atom. The lowest BCUT2D eigenvalue weighted by Crippen LogP contribution is -2.48. The molecule has 0 bridgehead atoms. The number of rotatable bonds is 4. The zero-order chi connectivity index (χ0) is 17.9. The normalized spacial score (nSPS) is 20.5. The van der Waals surface area contributed by atoms with Gasteiger partial charge in [-0.1, -0.05) is 23.7 Å². The van der Waals surface area contributed by atoms with Crippen molar-refractivity contribution >= 4 is 23.4 Å². The molecule has 2 saturated heterocycles. The van der Waals surface area contributed by atoms with E-state index in [1.807, 2.05) is 17.0 Å². The number of amides is 2. The quantitative estimate of drug-likeness (QED) is 0.887. The van der Waals surface area contributed by atoms with E-state index >= 15 is 0 Å². The molecule has 2 aliphatic rings. The molecule has 0 radical (unpaired) electrons. The summed E-state index contributed by atoms with van der Waals surface area (Å²) in [6.45, 7) is 3.90. The summed E-state index contributed by atoms with van der Waals surface area (Å²) in [4.78, 5) is 26.0. The molecule has 1 aromatic carbocycles. The summed E-state index contributed by atoms with van der Waals surface area (Å²) in [6.07, 6.45) is 1.59. The van der Waals surface area contributed by atoms with Crippen LogP contribution in [0.1, 0.15) is 37.8 Å². The third-order valence-electron chi connectivity index (χ3n) is 4.72. The zero-order valence-corrected chi connectivity index (χ0v) is 15.1. The number of hydrogen-bond donors (Lipinski definition) is 1. The van der Waals surface area contributed by atoms with Gasteiger partial charge in [-0.05, 0) is 17.7 Å². The Bertz CT molecular complexity index is 618. The van der Waals surface area contributed by atoms with Crippen molar-refractivity contribution in [2.45, 2.75) is 38.0 Å². The van der Waals surface area contributed by atoms with Gasteiger partial charge in [0.1, 0.15) is 0 Å². The van der Waals surface area contributed by atoms with Gasteiger partial charge in [0.2, 0.25) is 11.8 Å². The number of likely N-dealkylation sites (tertiary alicyclic amines) is 1. The first-order valence-electron chi connectivity index (χ1n) is 8.56. The van der Waals surface area contributed by atoms with Crippen LogP contribution in [0, 0.1) is 0 Å². The van der Waals surface area contributed by atoms with Gasteiger partial charge in [0.25, 0.3) is 0 Å². The fraction of sp³-hybridized carbons (Fsp3) is 0.556. The number of nitrogens with zero attached hydrogens (tertiary/aromatic N) is 1. The first-order chi connectivity index (χ1) is 12.0. The van der Waals surface area contributed by atoms with E-state index in [9.17, 15) is 9.59 Å². The molecule has 3 rings (SSSR count). The van der Waals surface area contributed by atoms with E-state index in [2.05, 4.69) is 5.32 Å². The summed E-state index contributed by atoms with van der Waals surface area (Å²) in [5.41, 5.74) is 0.865. The maximum absolute atomic E-state index is 12.7. The van der Waals surface area contributed by atoms with Crippen molar-refractivity contribution in [2.24, 2.45) is 0 Å². The Morgan fingerprint density at radius 2 is 1.80 bits per heavy atom. The molecule has 6 nitrogen and oxygen atoms in total. The molecule has 1 N–H and O–H groups in total. The highest BCUT2D eigenvalue weighted by molar-refractivity contribution is 6.30. The van der Waals surface area contributed by atoms with Crippen molar-refractivity contribution in [3.63, 3.8) is 0 Å². The van der Waals surface area contributed by atoms with Crippen LogP contribution in [0.25, 0.3) is 0 Å². The number of ether oxygens (including phenoxy) is 2. The second-order valence-corrected chi connectivity index (χ2v) is 6.93. The Labute approximate surface area is 152 Å². The van der Waals surface area contributed by atoms with Gasteiger partial charge >= 0.3 is 0 Å². The predicted molar refractivity (Wildman–Crippen MR) is 93.1 cm³/mol. The fourth-order valence-corrected chi connectivity index (χ4v) is 3.50. The lowest BCUT2D eigenvalue weighted by atomic mass is 10.00. The molecule has 2 fully saturated rings. The van der Waals surface area contributed by atoms with Gasteiger partial charge in [-0.3, -0.25) is 9.59 Å². The highest BCUT2D eigenvalue weighted by atomic mass is 35.5. The minimum atomic E-state index is -0.496. The smallest absolute Gasteiger partial charge is 0.224 e. The molecule has 1 aromatic rings. The molecule has 136 valence electrons. The molecular weight excluding hydrogens is 344 g/mol. The molecule has 0 aliphatic carbocycles. The summed E-state index contributed by atoms with van der Waals surface area (Å²) in [7, 11) is 0. The first-order valence-corrected chi connectivity index (χ1v) is 8.93. The Kier molecular flexibility index (Phi) is 5.61. The van der Waals surface area contributed by atoms with Crippen molar-refractivity contribution in [2.75, 3.05) is 26.3 Å². The van der Waals surface area contributed by atoms with Crippen LogP contribution in [0.5, 0.6) is 0 Å². The number of halogens is 1. The number of hydrogen-bond acceptors (Lipinski definition) is 4. The first kappa shape index (κ1) is 18.2. The topological polar surface area (TPSA) is 67.9 Å². The van der Waals surface area contributed by atoms with Gasteiger partial charge in [0, 0.05) is 37.9 Å². The number of carbonyl (C=O) groups excluding carboxylic acids is 2. The van der Waals surface area contributed by atoms with E-state index < -0.39 is 5.79 Å². The van der Waals surface area contributed by atoms with Crippen LogP contribution < -0.4 is 5.32 Å². The van der Waals surface area contributed by atoms with E-state index in [1.54, 1.807) is 12.1 Å². The number of piperidine rings is 1. The van der Waals surface area contributed by atoms with Crippen molar-refractivity contribution in [3.05, 3.63) is 34.9 Å². The van der Waals surface area contributed by atoms with E-state index in [1.165, 1.54) is 6.92 Å². The number of benzene rings is 1. The third-order valence-corrected chi connectivity index (χ3v) is 4.97. The van der Waals surface area contributed by atoms with E-state index in [4.69, 9.17) is 21.1 Å². The largest absolute Gasteiger partial charge is 0.349 e. The Hall–Kier alpha value is -1.63. The van der Waals surface area contributed by atoms with Gasteiger partial charge in [-0.25, -0.2) is 0 Å². The molecule has 0 aromatic heterocycles. The SMILES string of the molecule is CC(=O)NC(CC(=O)N1CCC2(CC1)OCCO2)c1ccc(Cl)cc1. The van der Waals surface area contributed by atoms with Crippen LogP contribution in [-0.4, -0.2) is 48.8 Å². The molecule has 2 aliphatic heterocycles. The maximum Gasteiger partial charge on any atom is 0.224 e. The molecule has 7 heteroatoms. The van der Waals surface area contributed by atoms with Gasteiger partial charge < -0.3 is 19.7 Å². The van der Waals surface area contributed by atoms with E-state index in [-0.39, 0.29) is 24.3 Å². The minimum Gasteiger partial charge on any atom is -0.349 e. The summed E-state index contributed by atoms with van der Waals surface area (Å²) >= 11 is 5.92. The number of carbonyl (C=O) groups is 2. The summed E-state index contributed by atoms with van der Waals surface area (Å²) in [6, 6.07) is 6.83. The van der Waals surface area contributed by atoms with Gasteiger partial charge in [-0.15, -0.1) is 0 Å². The van der Waals surface area contributed by atoms with E-state index in [0.717, 1.165) is 5.56 Å². The molecule has 1 spiro atoms. The second kappa shape index (κ2) is 7.72. The van der Waals surface area contributed by atoms with Crippen molar-refractivity contribution in [3.8, 4) is 0 Å². The van der Waals surface area contributed by atoms with Crippen molar-refractivity contribution in [1.29, 1.82) is 0 Å². The Morgan fingerprint density at radius 1 is 1.20 bits per heavy atom. The van der Waals surface area contributed by atoms with Gasteiger partial charge in [0.05, 0.1) is 25.7 Å². The van der Waals surface area contributed by atoms with E-state index in [0.29, 0.717) is 44.2 Å². The average Bonchev–Trinajstić information content (AvgIpc) is 3.03. The maximum atomic E-state index is 12.7. The second-order valence-electron chi connectivity index (χ2n) is 6.50. The zero-order valence-electron chi connectivity index (χ0n) is 14.3. The predicted octanol–water partition coefficient (Wildman–Crippen LogP) is 2.27. The van der Waals surface area contributed by atoms with Crippen LogP contribution in [0.15, 0.2) is 24.3 Å². The van der Waals surface area contributed by atoms with Crippen LogP contribution in [0.2, 0.25) is 5.02 Å². The lowest BCUT2D eigenvalue weighted by molar-refractivity contribution is -0.187. The van der Waals surface area contributed by atoms with Crippen LogP contribution >= 0.6 is 11.6 Å². The minimum absolute atomic E-state index is 0.0153. The molecule has 1 atom stereocenters. The standard InChI is InChI=1S/C18H23ClN2O4/c1-13(22)20-16(14-2-4-15(19)5-3-14)12-17(23)21-8-6-18(7-9-21)24-10-11-25-18/h2-5,16H,6-12H2,1H3,(H,20,22). The van der Waals surface area contributed by atoms with Crippen LogP contribution in [0.4, 0.5) is 0 Å². The highest BCUT2D eigenvalue weighted by Crippen LogP contribution is 2.32. The number of nitrogens with one attached hydrogen (secondary N) is 1. The summed E-state index contributed by atoms with van der Waals surface area (Å²) in [5, 5.41) is 3.48. The highest BCUT2D eigenvalue weighted by Gasteiger charge is 2.40. The third kappa shape index (κ3) is 4.51. The van der Waals surface area contributed by atoms with Gasteiger partial charge in [-0.2, -0.15) is 0 Å². The Balaban J connectivity index is 1.62. The fourth-order valence-electron chi connectivity index (χ4n) is 3.38. The summed E-state index contributed by atoms with van der Waals surface area (Å²) < 4.78 is 11.4. The summed E-state index contributed by atoms with van der Waals surface area (Å²) in [5.74, 6) is -0.649. The van der Waals surface area contributed by atoms with Crippen LogP contribution in [0.3, 0.4) is 0 Å².